The summed E-state index contributed by atoms with van der Waals surface area (Å²) in [5.41, 5.74) is 5.18. The Bertz CT molecular complexity index is 1380. The highest BCUT2D eigenvalue weighted by Gasteiger charge is 2.35. The molecule has 0 radical (unpaired) electrons. The van der Waals surface area contributed by atoms with Crippen molar-refractivity contribution in [2.24, 2.45) is 5.92 Å². The van der Waals surface area contributed by atoms with Gasteiger partial charge in [-0.25, -0.2) is 4.68 Å². The van der Waals surface area contributed by atoms with E-state index in [1.165, 1.54) is 18.4 Å². The summed E-state index contributed by atoms with van der Waals surface area (Å²) in [6.07, 6.45) is 4.70. The summed E-state index contributed by atoms with van der Waals surface area (Å²) >= 11 is 0. The Balaban J connectivity index is 1.54. The average Bonchev–Trinajstić information content (AvgIpc) is 3.53. The zero-order chi connectivity index (χ0) is 25.2. The van der Waals surface area contributed by atoms with Crippen LogP contribution in [0.2, 0.25) is 0 Å². The number of fused-ring (bicyclic) bond motifs is 1. The zero-order valence-corrected chi connectivity index (χ0v) is 21.7. The number of nitrogens with zero attached hydrogens (tertiary/aromatic N) is 5. The third-order valence-electron chi connectivity index (χ3n) is 7.50. The van der Waals surface area contributed by atoms with Crippen LogP contribution in [-0.2, 0) is 13.1 Å². The highest BCUT2D eigenvalue weighted by molar-refractivity contribution is 5.82. The first-order valence-corrected chi connectivity index (χ1v) is 13.1. The monoisotopic (exact) mass is 484 g/mol. The Kier molecular flexibility index (Phi) is 7.01. The van der Waals surface area contributed by atoms with Crippen LogP contribution in [0.25, 0.3) is 10.9 Å². The number of aryl methyl sites for hydroxylation is 2. The molecule has 36 heavy (non-hydrogen) atoms. The highest BCUT2D eigenvalue weighted by Crippen LogP contribution is 2.36. The number of benzene rings is 2. The summed E-state index contributed by atoms with van der Waals surface area (Å²) in [5, 5.41) is 14.1. The van der Waals surface area contributed by atoms with E-state index in [1.807, 2.05) is 22.9 Å². The van der Waals surface area contributed by atoms with Crippen LogP contribution < -0.4 is 5.56 Å². The fraction of sp³-hybridized carbons (Fsp3) is 0.448. The predicted molar refractivity (Wildman–Crippen MR) is 143 cm³/mol. The Morgan fingerprint density at radius 1 is 1.08 bits per heavy atom. The second-order valence-electron chi connectivity index (χ2n) is 10.6. The van der Waals surface area contributed by atoms with Gasteiger partial charge in [0.15, 0.2) is 5.82 Å². The molecule has 1 aliphatic carbocycles. The smallest absolute Gasteiger partial charge is 0.252 e. The molecule has 1 aliphatic rings. The van der Waals surface area contributed by atoms with E-state index in [1.54, 1.807) is 0 Å². The number of nitrogens with one attached hydrogen (secondary N) is 1. The second kappa shape index (κ2) is 10.3. The minimum atomic E-state index is -0.0103. The molecule has 7 nitrogen and oxygen atoms in total. The maximum Gasteiger partial charge on any atom is 0.252 e. The molecule has 0 unspecified atom stereocenters. The average molecular weight is 485 g/mol. The summed E-state index contributed by atoms with van der Waals surface area (Å²) in [6, 6.07) is 17.1. The number of hydrogen-bond donors (Lipinski definition) is 1. The number of aromatic amines is 1. The van der Waals surface area contributed by atoms with Crippen LogP contribution in [0.3, 0.4) is 0 Å². The summed E-state index contributed by atoms with van der Waals surface area (Å²) in [5.74, 6) is 1.14. The summed E-state index contributed by atoms with van der Waals surface area (Å²) in [4.78, 5) is 19.0. The van der Waals surface area contributed by atoms with Gasteiger partial charge in [0, 0.05) is 18.2 Å². The standard InChI is InChI=1S/C29H36N6O/c1-19(2)27(28-31-32-33-35(28)17-22-10-6-5-7-11-22)34(25-12-8-9-13-25)18-24-16-23-15-20(3)14-21(4)26(23)30-29(24)36/h5-7,10-11,14-16,19,25,27H,8-9,12-13,17-18H2,1-4H3,(H,30,36)/t27-/m0/s1. The van der Waals surface area contributed by atoms with E-state index in [0.29, 0.717) is 19.1 Å². The van der Waals surface area contributed by atoms with Crippen LogP contribution in [0.15, 0.2) is 53.3 Å². The van der Waals surface area contributed by atoms with E-state index in [0.717, 1.165) is 46.3 Å². The SMILES string of the molecule is Cc1cc(C)c2[nH]c(=O)c(CN(C3CCCC3)[C@H](c3nnnn3Cc3ccccc3)C(C)C)cc2c1. The number of pyridine rings is 1. The molecule has 1 atom stereocenters. The number of rotatable bonds is 8. The third kappa shape index (κ3) is 4.98. The van der Waals surface area contributed by atoms with Crippen molar-refractivity contribution in [2.75, 3.05) is 0 Å². The lowest BCUT2D eigenvalue weighted by atomic mass is 9.97. The Morgan fingerprint density at radius 2 is 1.83 bits per heavy atom. The molecule has 2 aromatic carbocycles. The van der Waals surface area contributed by atoms with Crippen molar-refractivity contribution in [3.63, 3.8) is 0 Å². The summed E-state index contributed by atoms with van der Waals surface area (Å²) in [6.45, 7) is 9.81. The first kappa shape index (κ1) is 24.4. The van der Waals surface area contributed by atoms with Gasteiger partial charge in [0.25, 0.3) is 5.56 Å². The molecule has 5 rings (SSSR count). The lowest BCUT2D eigenvalue weighted by molar-refractivity contribution is 0.0844. The van der Waals surface area contributed by atoms with Crippen molar-refractivity contribution in [3.8, 4) is 0 Å². The van der Waals surface area contributed by atoms with Gasteiger partial charge in [-0.2, -0.15) is 0 Å². The molecule has 0 spiro atoms. The molecular formula is C29H36N6O. The third-order valence-corrected chi connectivity index (χ3v) is 7.50. The predicted octanol–water partition coefficient (Wildman–Crippen LogP) is 5.32. The number of hydrogen-bond acceptors (Lipinski definition) is 5. The maximum atomic E-state index is 13.3. The molecular weight excluding hydrogens is 448 g/mol. The van der Waals surface area contributed by atoms with Crippen LogP contribution in [0.1, 0.15) is 73.7 Å². The Hall–Kier alpha value is -3.32. The number of tetrazole rings is 1. The molecule has 1 fully saturated rings. The first-order chi connectivity index (χ1) is 17.4. The van der Waals surface area contributed by atoms with E-state index < -0.39 is 0 Å². The minimum Gasteiger partial charge on any atom is -0.321 e. The molecule has 0 aliphatic heterocycles. The van der Waals surface area contributed by atoms with Gasteiger partial charge in [-0.3, -0.25) is 9.69 Å². The largest absolute Gasteiger partial charge is 0.321 e. The topological polar surface area (TPSA) is 79.7 Å². The summed E-state index contributed by atoms with van der Waals surface area (Å²) in [7, 11) is 0. The van der Waals surface area contributed by atoms with Gasteiger partial charge >= 0.3 is 0 Å². The molecule has 7 heteroatoms. The molecule has 4 aromatic rings. The van der Waals surface area contributed by atoms with Gasteiger partial charge in [0.05, 0.1) is 18.1 Å². The van der Waals surface area contributed by atoms with Gasteiger partial charge in [-0.1, -0.05) is 68.7 Å². The van der Waals surface area contributed by atoms with Crippen molar-refractivity contribution < 1.29 is 0 Å². The molecule has 1 N–H and O–H groups in total. The highest BCUT2D eigenvalue weighted by atomic mass is 16.1. The van der Waals surface area contributed by atoms with Crippen molar-refractivity contribution in [3.05, 3.63) is 87.0 Å². The quantitative estimate of drug-likeness (QED) is 0.366. The molecule has 2 aromatic heterocycles. The number of aromatic nitrogens is 5. The van der Waals surface area contributed by atoms with Crippen LogP contribution in [0.4, 0.5) is 0 Å². The second-order valence-corrected chi connectivity index (χ2v) is 10.6. The van der Waals surface area contributed by atoms with Gasteiger partial charge in [-0.05, 0) is 71.7 Å². The van der Waals surface area contributed by atoms with Crippen molar-refractivity contribution >= 4 is 10.9 Å². The van der Waals surface area contributed by atoms with Gasteiger partial charge in [0.2, 0.25) is 0 Å². The van der Waals surface area contributed by atoms with E-state index in [-0.39, 0.29) is 17.5 Å². The van der Waals surface area contributed by atoms with E-state index in [2.05, 4.69) is 83.4 Å². The van der Waals surface area contributed by atoms with Gasteiger partial charge in [-0.15, -0.1) is 5.10 Å². The molecule has 188 valence electrons. The van der Waals surface area contributed by atoms with Crippen molar-refractivity contribution in [1.82, 2.24) is 30.1 Å². The van der Waals surface area contributed by atoms with Crippen molar-refractivity contribution in [1.29, 1.82) is 0 Å². The van der Waals surface area contributed by atoms with E-state index >= 15 is 0 Å². The number of H-pyrrole nitrogens is 1. The fourth-order valence-corrected chi connectivity index (χ4v) is 5.86. The molecule has 2 heterocycles. The minimum absolute atomic E-state index is 0.00107. The van der Waals surface area contributed by atoms with E-state index in [9.17, 15) is 4.79 Å². The van der Waals surface area contributed by atoms with Crippen LogP contribution >= 0.6 is 0 Å². The van der Waals surface area contributed by atoms with Crippen molar-refractivity contribution in [2.45, 2.75) is 78.6 Å². The zero-order valence-electron chi connectivity index (χ0n) is 21.7. The first-order valence-electron chi connectivity index (χ1n) is 13.1. The van der Waals surface area contributed by atoms with E-state index in [4.69, 9.17) is 0 Å². The normalized spacial score (nSPS) is 15.4. The maximum absolute atomic E-state index is 13.3. The van der Waals surface area contributed by atoms with Crippen LogP contribution in [0.5, 0.6) is 0 Å². The molecule has 0 bridgehead atoms. The fourth-order valence-electron chi connectivity index (χ4n) is 5.86. The van der Waals surface area contributed by atoms with Gasteiger partial charge in [0.1, 0.15) is 0 Å². The van der Waals surface area contributed by atoms with Gasteiger partial charge < -0.3 is 4.98 Å². The Morgan fingerprint density at radius 3 is 2.56 bits per heavy atom. The molecule has 0 saturated heterocycles. The molecule has 1 saturated carbocycles. The lowest BCUT2D eigenvalue weighted by Crippen LogP contribution is -2.41. The van der Waals surface area contributed by atoms with Crippen LogP contribution in [0, 0.1) is 19.8 Å². The Labute approximate surface area is 212 Å². The van der Waals surface area contributed by atoms with Crippen LogP contribution in [-0.4, -0.2) is 36.1 Å². The molecule has 0 amide bonds. The lowest BCUT2D eigenvalue weighted by Gasteiger charge is -2.38. The summed E-state index contributed by atoms with van der Waals surface area (Å²) < 4.78 is 1.93.